The van der Waals surface area contributed by atoms with Gasteiger partial charge in [0.2, 0.25) is 0 Å². The van der Waals surface area contributed by atoms with Crippen LogP contribution in [0.1, 0.15) is 44.4 Å². The minimum Gasteiger partial charge on any atom is -0.392 e. The van der Waals surface area contributed by atoms with Crippen molar-refractivity contribution in [2.24, 2.45) is 5.41 Å². The highest BCUT2D eigenvalue weighted by atomic mass is 16.3. The van der Waals surface area contributed by atoms with Crippen molar-refractivity contribution in [1.29, 1.82) is 0 Å². The highest BCUT2D eigenvalue weighted by Crippen LogP contribution is 2.44. The minimum absolute atomic E-state index is 0.233. The van der Waals surface area contributed by atoms with E-state index in [1.807, 2.05) is 6.92 Å². The maximum atomic E-state index is 9.67. The Labute approximate surface area is 104 Å². The first kappa shape index (κ1) is 12.6. The van der Waals surface area contributed by atoms with E-state index in [0.717, 1.165) is 12.8 Å². The molecule has 2 rings (SSSR count). The molecule has 0 bridgehead atoms. The van der Waals surface area contributed by atoms with Gasteiger partial charge in [0.25, 0.3) is 0 Å². The molecule has 0 amide bonds. The van der Waals surface area contributed by atoms with E-state index in [1.165, 1.54) is 11.1 Å². The van der Waals surface area contributed by atoms with Crippen LogP contribution in [0.5, 0.6) is 0 Å². The Morgan fingerprint density at radius 2 is 2.12 bits per heavy atom. The van der Waals surface area contributed by atoms with Gasteiger partial charge in [0.05, 0.1) is 6.10 Å². The predicted octanol–water partition coefficient (Wildman–Crippen LogP) is 2.67. The fraction of sp³-hybridized carbons (Fsp3) is 0.600. The van der Waals surface area contributed by atoms with Crippen molar-refractivity contribution in [2.75, 3.05) is 6.54 Å². The van der Waals surface area contributed by atoms with Crippen LogP contribution in [0.3, 0.4) is 0 Å². The lowest BCUT2D eigenvalue weighted by atomic mass is 9.85. The molecule has 0 aromatic heterocycles. The first-order chi connectivity index (χ1) is 8.04. The van der Waals surface area contributed by atoms with Gasteiger partial charge in [0, 0.05) is 12.6 Å². The molecule has 94 valence electrons. The predicted molar refractivity (Wildman–Crippen MR) is 71.0 cm³/mol. The summed E-state index contributed by atoms with van der Waals surface area (Å²) in [5, 5.41) is 13.2. The van der Waals surface area contributed by atoms with Gasteiger partial charge in [-0.3, -0.25) is 0 Å². The third-order valence-corrected chi connectivity index (χ3v) is 3.82. The molecule has 0 heterocycles. The third kappa shape index (κ3) is 2.53. The normalized spacial score (nSPS) is 23.4. The van der Waals surface area contributed by atoms with Gasteiger partial charge in [0.15, 0.2) is 0 Å². The highest BCUT2D eigenvalue weighted by molar-refractivity contribution is 5.37. The summed E-state index contributed by atoms with van der Waals surface area (Å²) in [6, 6.07) is 9.00. The van der Waals surface area contributed by atoms with Crippen LogP contribution < -0.4 is 5.32 Å². The van der Waals surface area contributed by atoms with E-state index < -0.39 is 0 Å². The van der Waals surface area contributed by atoms with Crippen LogP contribution in [0.15, 0.2) is 24.3 Å². The van der Waals surface area contributed by atoms with E-state index in [2.05, 4.69) is 43.4 Å². The zero-order valence-electron chi connectivity index (χ0n) is 11.0. The van der Waals surface area contributed by atoms with Crippen molar-refractivity contribution < 1.29 is 5.11 Å². The molecule has 1 aromatic rings. The molecule has 1 aliphatic rings. The summed E-state index contributed by atoms with van der Waals surface area (Å²) in [6.45, 7) is 7.28. The Balaban J connectivity index is 2.14. The summed E-state index contributed by atoms with van der Waals surface area (Å²) in [5.41, 5.74) is 3.08. The molecule has 0 aliphatic heterocycles. The molecular weight excluding hydrogens is 210 g/mol. The Bertz CT molecular complexity index is 386. The molecule has 0 radical (unpaired) electrons. The van der Waals surface area contributed by atoms with E-state index in [9.17, 15) is 5.11 Å². The molecule has 2 heteroatoms. The second-order valence-corrected chi connectivity index (χ2v) is 5.77. The first-order valence-electron chi connectivity index (χ1n) is 6.54. The summed E-state index contributed by atoms with van der Waals surface area (Å²) in [6.07, 6.45) is 1.68. The summed E-state index contributed by atoms with van der Waals surface area (Å²) in [4.78, 5) is 0. The number of hydrogen-bond acceptors (Lipinski definition) is 2. The SMILES string of the molecule is CCC(O)CNC1c2ccccc2CC1(C)C. The van der Waals surface area contributed by atoms with Crippen molar-refractivity contribution in [3.8, 4) is 0 Å². The molecule has 1 aromatic carbocycles. The second-order valence-electron chi connectivity index (χ2n) is 5.77. The number of fused-ring (bicyclic) bond motifs is 1. The Morgan fingerprint density at radius 1 is 1.41 bits per heavy atom. The lowest BCUT2D eigenvalue weighted by molar-refractivity contribution is 0.150. The zero-order valence-corrected chi connectivity index (χ0v) is 11.0. The van der Waals surface area contributed by atoms with Crippen molar-refractivity contribution >= 4 is 0 Å². The number of aliphatic hydroxyl groups is 1. The molecular formula is C15H23NO. The first-order valence-corrected chi connectivity index (χ1v) is 6.54. The molecule has 2 unspecified atom stereocenters. The van der Waals surface area contributed by atoms with Crippen molar-refractivity contribution in [2.45, 2.75) is 45.8 Å². The molecule has 0 saturated heterocycles. The Morgan fingerprint density at radius 3 is 2.82 bits per heavy atom. The molecule has 2 nitrogen and oxygen atoms in total. The Hall–Kier alpha value is -0.860. The van der Waals surface area contributed by atoms with Crippen LogP contribution in [-0.2, 0) is 6.42 Å². The lowest BCUT2D eigenvalue weighted by Gasteiger charge is -2.29. The molecule has 2 N–H and O–H groups in total. The Kier molecular flexibility index (Phi) is 3.55. The molecule has 1 aliphatic carbocycles. The molecule has 17 heavy (non-hydrogen) atoms. The average Bonchev–Trinajstić information content (AvgIpc) is 2.56. The summed E-state index contributed by atoms with van der Waals surface area (Å²) in [5.74, 6) is 0. The van der Waals surface area contributed by atoms with Gasteiger partial charge in [-0.15, -0.1) is 0 Å². The van der Waals surface area contributed by atoms with Crippen molar-refractivity contribution in [3.63, 3.8) is 0 Å². The van der Waals surface area contributed by atoms with E-state index >= 15 is 0 Å². The summed E-state index contributed by atoms with van der Waals surface area (Å²) >= 11 is 0. The van der Waals surface area contributed by atoms with E-state index in [1.54, 1.807) is 0 Å². The minimum atomic E-state index is -0.237. The summed E-state index contributed by atoms with van der Waals surface area (Å²) in [7, 11) is 0. The van der Waals surface area contributed by atoms with Gasteiger partial charge in [-0.1, -0.05) is 45.0 Å². The van der Waals surface area contributed by atoms with Crippen molar-refractivity contribution in [1.82, 2.24) is 5.32 Å². The molecule has 0 spiro atoms. The number of nitrogens with one attached hydrogen (secondary N) is 1. The number of aliphatic hydroxyl groups excluding tert-OH is 1. The van der Waals surface area contributed by atoms with Crippen LogP contribution in [-0.4, -0.2) is 17.8 Å². The topological polar surface area (TPSA) is 32.3 Å². The monoisotopic (exact) mass is 233 g/mol. The van der Waals surface area contributed by atoms with Crippen molar-refractivity contribution in [3.05, 3.63) is 35.4 Å². The fourth-order valence-corrected chi connectivity index (χ4v) is 2.78. The fourth-order valence-electron chi connectivity index (χ4n) is 2.78. The van der Waals surface area contributed by atoms with Gasteiger partial charge >= 0.3 is 0 Å². The molecule has 0 saturated carbocycles. The maximum Gasteiger partial charge on any atom is 0.0662 e. The molecule has 2 atom stereocenters. The van der Waals surface area contributed by atoms with E-state index in [4.69, 9.17) is 0 Å². The zero-order chi connectivity index (χ0) is 12.5. The third-order valence-electron chi connectivity index (χ3n) is 3.82. The van der Waals surface area contributed by atoms with E-state index in [0.29, 0.717) is 12.6 Å². The van der Waals surface area contributed by atoms with Crippen LogP contribution in [0, 0.1) is 5.41 Å². The van der Waals surface area contributed by atoms with Crippen LogP contribution in [0.25, 0.3) is 0 Å². The standard InChI is InChI=1S/C15H23NO/c1-4-12(17)10-16-14-13-8-6-5-7-11(13)9-15(14,2)3/h5-8,12,14,16-17H,4,9-10H2,1-3H3. The quantitative estimate of drug-likeness (QED) is 0.838. The van der Waals surface area contributed by atoms with Gasteiger partial charge in [-0.05, 0) is 29.4 Å². The van der Waals surface area contributed by atoms with Gasteiger partial charge in [-0.2, -0.15) is 0 Å². The average molecular weight is 233 g/mol. The largest absolute Gasteiger partial charge is 0.392 e. The van der Waals surface area contributed by atoms with Crippen LogP contribution in [0.4, 0.5) is 0 Å². The van der Waals surface area contributed by atoms with Crippen LogP contribution in [0.2, 0.25) is 0 Å². The highest BCUT2D eigenvalue weighted by Gasteiger charge is 2.38. The number of benzene rings is 1. The number of rotatable bonds is 4. The maximum absolute atomic E-state index is 9.67. The van der Waals surface area contributed by atoms with Crippen LogP contribution >= 0.6 is 0 Å². The van der Waals surface area contributed by atoms with Gasteiger partial charge < -0.3 is 10.4 Å². The molecule has 0 fully saturated rings. The summed E-state index contributed by atoms with van der Waals surface area (Å²) < 4.78 is 0. The van der Waals surface area contributed by atoms with E-state index in [-0.39, 0.29) is 11.5 Å². The lowest BCUT2D eigenvalue weighted by Crippen LogP contribution is -2.36. The smallest absolute Gasteiger partial charge is 0.0662 e. The second kappa shape index (κ2) is 4.79. The van der Waals surface area contributed by atoms with Gasteiger partial charge in [0.1, 0.15) is 0 Å². The van der Waals surface area contributed by atoms with Gasteiger partial charge in [-0.25, -0.2) is 0 Å². The number of hydrogen-bond donors (Lipinski definition) is 2.